The van der Waals surface area contributed by atoms with Crippen molar-refractivity contribution in [2.24, 2.45) is 0 Å². The van der Waals surface area contributed by atoms with E-state index in [4.69, 9.17) is 46.4 Å². The van der Waals surface area contributed by atoms with E-state index in [1.165, 1.54) is 18.2 Å². The van der Waals surface area contributed by atoms with Gasteiger partial charge in [0.15, 0.2) is 9.84 Å². The molecule has 0 aromatic heterocycles. The Kier molecular flexibility index (Phi) is 4.57. The molecule has 7 heteroatoms. The van der Waals surface area contributed by atoms with Gasteiger partial charge in [-0.15, -0.1) is 0 Å². The van der Waals surface area contributed by atoms with Crippen LogP contribution in [0.1, 0.15) is 0 Å². The molecule has 0 atom stereocenters. The van der Waals surface area contributed by atoms with Gasteiger partial charge >= 0.3 is 0 Å². The summed E-state index contributed by atoms with van der Waals surface area (Å²) in [5, 5.41) is 1.21. The molecular formula is C13H8Cl4O2S. The first-order valence-electron chi connectivity index (χ1n) is 5.34. The first-order chi connectivity index (χ1) is 9.20. The summed E-state index contributed by atoms with van der Waals surface area (Å²) in [6.45, 7) is 0. The molecule has 0 aliphatic carbocycles. The molecule has 0 amide bonds. The molecule has 0 saturated heterocycles. The molecule has 0 aliphatic rings. The van der Waals surface area contributed by atoms with Gasteiger partial charge in [-0.3, -0.25) is 0 Å². The number of halogens is 4. The van der Waals surface area contributed by atoms with Crippen LogP contribution in [-0.2, 0) is 9.84 Å². The molecule has 20 heavy (non-hydrogen) atoms. The number of benzene rings is 2. The Morgan fingerprint density at radius 2 is 1.40 bits per heavy atom. The molecule has 0 radical (unpaired) electrons. The highest BCUT2D eigenvalue weighted by Crippen LogP contribution is 2.38. The number of hydrogen-bond acceptors (Lipinski definition) is 2. The minimum Gasteiger partial charge on any atom is -0.224 e. The van der Waals surface area contributed by atoms with Crippen molar-refractivity contribution in [3.63, 3.8) is 0 Å². The summed E-state index contributed by atoms with van der Waals surface area (Å²) < 4.78 is 23.8. The van der Waals surface area contributed by atoms with E-state index in [1.54, 1.807) is 12.1 Å². The van der Waals surface area contributed by atoms with Crippen molar-refractivity contribution in [2.75, 3.05) is 6.26 Å². The Balaban J connectivity index is 2.82. The summed E-state index contributed by atoms with van der Waals surface area (Å²) in [5.41, 5.74) is 0.915. The number of sulfone groups is 1. The largest absolute Gasteiger partial charge is 0.224 e. The van der Waals surface area contributed by atoms with Crippen molar-refractivity contribution in [1.82, 2.24) is 0 Å². The molecule has 0 unspecified atom stereocenters. The highest BCUT2D eigenvalue weighted by molar-refractivity contribution is 7.90. The van der Waals surface area contributed by atoms with Crippen LogP contribution < -0.4 is 0 Å². The minimum atomic E-state index is -3.48. The summed E-state index contributed by atoms with van der Waals surface area (Å²) in [6.07, 6.45) is 1.10. The van der Waals surface area contributed by atoms with E-state index in [2.05, 4.69) is 0 Å². The molecule has 2 rings (SSSR count). The molecule has 2 aromatic carbocycles. The summed E-state index contributed by atoms with van der Waals surface area (Å²) in [4.78, 5) is 0.0659. The Morgan fingerprint density at radius 1 is 0.800 bits per heavy atom. The lowest BCUT2D eigenvalue weighted by atomic mass is 10.1. The molecule has 0 aliphatic heterocycles. The molecular weight excluding hydrogens is 362 g/mol. The van der Waals surface area contributed by atoms with Gasteiger partial charge in [0.05, 0.1) is 14.9 Å². The van der Waals surface area contributed by atoms with Gasteiger partial charge in [0.25, 0.3) is 0 Å². The van der Waals surface area contributed by atoms with Crippen LogP contribution in [0, 0.1) is 0 Å². The quantitative estimate of drug-likeness (QED) is 0.712. The topological polar surface area (TPSA) is 34.1 Å². The number of rotatable bonds is 2. The van der Waals surface area contributed by atoms with Gasteiger partial charge < -0.3 is 0 Å². The second kappa shape index (κ2) is 5.74. The molecule has 0 N–H and O–H groups in total. The van der Waals surface area contributed by atoms with Crippen LogP contribution >= 0.6 is 46.4 Å². The summed E-state index contributed by atoms with van der Waals surface area (Å²) >= 11 is 23.8. The van der Waals surface area contributed by atoms with Crippen molar-refractivity contribution >= 4 is 56.2 Å². The highest BCUT2D eigenvalue weighted by Gasteiger charge is 2.19. The summed E-state index contributed by atoms with van der Waals surface area (Å²) in [6, 6.07) is 7.60. The van der Waals surface area contributed by atoms with E-state index in [0.717, 1.165) is 6.26 Å². The van der Waals surface area contributed by atoms with E-state index in [1.807, 2.05) is 0 Å². The molecule has 2 nitrogen and oxygen atoms in total. The third kappa shape index (κ3) is 3.23. The van der Waals surface area contributed by atoms with Crippen LogP contribution in [0.4, 0.5) is 0 Å². The van der Waals surface area contributed by atoms with Gasteiger partial charge in [0.1, 0.15) is 0 Å². The van der Waals surface area contributed by atoms with Crippen LogP contribution in [0.25, 0.3) is 11.1 Å². The van der Waals surface area contributed by atoms with E-state index in [0.29, 0.717) is 21.2 Å². The fraction of sp³-hybridized carbons (Fsp3) is 0.0769. The van der Waals surface area contributed by atoms with Crippen LogP contribution in [0.2, 0.25) is 20.1 Å². The maximum atomic E-state index is 11.9. The van der Waals surface area contributed by atoms with E-state index in [9.17, 15) is 8.42 Å². The maximum absolute atomic E-state index is 11.9. The molecule has 0 spiro atoms. The Labute approximate surface area is 137 Å². The van der Waals surface area contributed by atoms with E-state index >= 15 is 0 Å². The van der Waals surface area contributed by atoms with Crippen LogP contribution in [0.3, 0.4) is 0 Å². The minimum absolute atomic E-state index is 0.0659. The fourth-order valence-corrected chi connectivity index (χ4v) is 3.56. The first kappa shape index (κ1) is 15.9. The van der Waals surface area contributed by atoms with Gasteiger partial charge in [-0.1, -0.05) is 52.5 Å². The Morgan fingerprint density at radius 3 is 1.95 bits per heavy atom. The normalized spacial score (nSPS) is 11.7. The second-order valence-electron chi connectivity index (χ2n) is 4.16. The molecule has 0 fully saturated rings. The smallest absolute Gasteiger partial charge is 0.176 e. The predicted octanol–water partition coefficient (Wildman–Crippen LogP) is 5.37. The first-order valence-corrected chi connectivity index (χ1v) is 8.75. The van der Waals surface area contributed by atoms with Gasteiger partial charge in [-0.25, -0.2) is 8.42 Å². The molecule has 0 bridgehead atoms. The summed E-state index contributed by atoms with van der Waals surface area (Å²) in [5.74, 6) is 0. The van der Waals surface area contributed by atoms with Crippen molar-refractivity contribution in [1.29, 1.82) is 0 Å². The molecule has 106 valence electrons. The molecule has 0 saturated carbocycles. The van der Waals surface area contributed by atoms with Crippen molar-refractivity contribution in [2.45, 2.75) is 4.90 Å². The van der Waals surface area contributed by atoms with Gasteiger partial charge in [-0.05, 0) is 24.3 Å². The summed E-state index contributed by atoms with van der Waals surface area (Å²) in [7, 11) is -3.48. The van der Waals surface area contributed by atoms with Gasteiger partial charge in [-0.2, -0.15) is 0 Å². The van der Waals surface area contributed by atoms with Crippen molar-refractivity contribution < 1.29 is 8.42 Å². The number of hydrogen-bond donors (Lipinski definition) is 0. The average Bonchev–Trinajstić information content (AvgIpc) is 2.31. The zero-order valence-electron chi connectivity index (χ0n) is 10.1. The molecule has 0 heterocycles. The molecule has 2 aromatic rings. The van der Waals surface area contributed by atoms with Crippen LogP contribution in [-0.4, -0.2) is 14.7 Å². The van der Waals surface area contributed by atoms with E-state index < -0.39 is 9.84 Å². The van der Waals surface area contributed by atoms with Gasteiger partial charge in [0, 0.05) is 27.4 Å². The maximum Gasteiger partial charge on any atom is 0.176 e. The average molecular weight is 370 g/mol. The lowest BCUT2D eigenvalue weighted by Crippen LogP contribution is -2.00. The van der Waals surface area contributed by atoms with Crippen molar-refractivity contribution in [3.05, 3.63) is 50.4 Å². The fourth-order valence-electron chi connectivity index (χ4n) is 1.75. The lowest BCUT2D eigenvalue weighted by Gasteiger charge is -2.12. The Hall–Kier alpha value is -0.450. The Bertz CT molecular complexity index is 785. The zero-order valence-corrected chi connectivity index (χ0v) is 14.0. The van der Waals surface area contributed by atoms with Crippen molar-refractivity contribution in [3.8, 4) is 11.1 Å². The highest BCUT2D eigenvalue weighted by atomic mass is 35.5. The lowest BCUT2D eigenvalue weighted by molar-refractivity contribution is 0.602. The van der Waals surface area contributed by atoms with Gasteiger partial charge in [0.2, 0.25) is 0 Å². The predicted molar refractivity (Wildman–Crippen MR) is 85.0 cm³/mol. The second-order valence-corrected chi connectivity index (χ2v) is 7.80. The van der Waals surface area contributed by atoms with Crippen LogP contribution in [0.5, 0.6) is 0 Å². The monoisotopic (exact) mass is 368 g/mol. The third-order valence-electron chi connectivity index (χ3n) is 2.64. The van der Waals surface area contributed by atoms with Crippen LogP contribution in [0.15, 0.2) is 35.2 Å². The standard InChI is InChI=1S/C13H8Cl4O2S/c1-20(18,19)13-6-12(17)11(16)5-9(13)8-3-2-7(14)4-10(8)15/h2-6H,1H3. The van der Waals surface area contributed by atoms with E-state index in [-0.39, 0.29) is 14.9 Å². The zero-order chi connectivity index (χ0) is 15.1. The SMILES string of the molecule is CS(=O)(=O)c1cc(Cl)c(Cl)cc1-c1ccc(Cl)cc1Cl. The third-order valence-corrected chi connectivity index (χ3v) is 5.05.